The maximum Gasteiger partial charge on any atom is 0.263 e. The van der Waals surface area contributed by atoms with Crippen molar-refractivity contribution in [1.82, 2.24) is 19.2 Å². The van der Waals surface area contributed by atoms with E-state index < -0.39 is 0 Å². The minimum atomic E-state index is -0.238. The average molecular weight is 328 g/mol. The maximum absolute atomic E-state index is 12.9. The molecule has 128 valence electrons. The van der Waals surface area contributed by atoms with Crippen molar-refractivity contribution >= 4 is 5.91 Å². The van der Waals surface area contributed by atoms with Gasteiger partial charge in [-0.15, -0.1) is 0 Å². The Morgan fingerprint density at radius 2 is 2.12 bits per heavy atom. The first-order chi connectivity index (χ1) is 11.5. The molecule has 3 heterocycles. The van der Waals surface area contributed by atoms with Gasteiger partial charge in [-0.25, -0.2) is 0 Å². The number of hydrogen-bond acceptors (Lipinski definition) is 3. The normalized spacial score (nSPS) is 18.0. The lowest BCUT2D eigenvalue weighted by molar-refractivity contribution is 0.0580. The Morgan fingerprint density at radius 1 is 1.33 bits per heavy atom. The van der Waals surface area contributed by atoms with Crippen molar-refractivity contribution in [2.75, 3.05) is 6.54 Å². The number of aryl methyl sites for hydroxylation is 3. The van der Waals surface area contributed by atoms with Crippen molar-refractivity contribution in [3.05, 3.63) is 51.7 Å². The third kappa shape index (κ3) is 3.13. The Balaban J connectivity index is 1.86. The molecule has 2 aromatic heterocycles. The van der Waals surface area contributed by atoms with Crippen molar-refractivity contribution < 1.29 is 4.79 Å². The Kier molecular flexibility index (Phi) is 4.55. The fourth-order valence-corrected chi connectivity index (χ4v) is 3.43. The van der Waals surface area contributed by atoms with Crippen LogP contribution in [0.1, 0.15) is 41.0 Å². The van der Waals surface area contributed by atoms with E-state index in [9.17, 15) is 9.59 Å². The molecule has 24 heavy (non-hydrogen) atoms. The van der Waals surface area contributed by atoms with Crippen LogP contribution in [0.15, 0.2) is 29.2 Å². The van der Waals surface area contributed by atoms with Crippen LogP contribution < -0.4 is 5.56 Å². The largest absolute Gasteiger partial charge is 0.334 e. The topological polar surface area (TPSA) is 60.1 Å². The standard InChI is InChI=1S/C18H24N4O2/c1-13-11-14(2)22(19-13)12-15-7-4-5-10-21(15)18(24)16-8-6-9-20(3)17(16)23/h6,8-9,11,15H,4-5,7,10,12H2,1-3H3/t15-/m0/s1. The molecule has 0 saturated carbocycles. The summed E-state index contributed by atoms with van der Waals surface area (Å²) in [5, 5.41) is 4.52. The van der Waals surface area contributed by atoms with Gasteiger partial charge in [-0.2, -0.15) is 5.10 Å². The van der Waals surface area contributed by atoms with Crippen LogP contribution in [0, 0.1) is 13.8 Å². The zero-order valence-electron chi connectivity index (χ0n) is 14.5. The molecule has 2 aromatic rings. The second kappa shape index (κ2) is 6.63. The maximum atomic E-state index is 12.9. The van der Waals surface area contributed by atoms with Crippen LogP contribution >= 0.6 is 0 Å². The van der Waals surface area contributed by atoms with Crippen LogP contribution in [-0.2, 0) is 13.6 Å². The second-order valence-corrected chi connectivity index (χ2v) is 6.60. The van der Waals surface area contributed by atoms with Gasteiger partial charge in [0, 0.05) is 25.5 Å². The Labute approximate surface area is 141 Å². The summed E-state index contributed by atoms with van der Waals surface area (Å²) in [7, 11) is 1.67. The number of hydrogen-bond donors (Lipinski definition) is 0. The number of rotatable bonds is 3. The van der Waals surface area contributed by atoms with Crippen LogP contribution in [0.3, 0.4) is 0 Å². The van der Waals surface area contributed by atoms with Crippen molar-refractivity contribution in [2.24, 2.45) is 7.05 Å². The van der Waals surface area contributed by atoms with Crippen LogP contribution in [0.25, 0.3) is 0 Å². The van der Waals surface area contributed by atoms with Crippen molar-refractivity contribution in [2.45, 2.75) is 45.7 Å². The van der Waals surface area contributed by atoms with Crippen LogP contribution in [0.4, 0.5) is 0 Å². The molecular weight excluding hydrogens is 304 g/mol. The zero-order valence-corrected chi connectivity index (χ0v) is 14.5. The highest BCUT2D eigenvalue weighted by molar-refractivity contribution is 5.94. The highest BCUT2D eigenvalue weighted by Gasteiger charge is 2.29. The smallest absolute Gasteiger partial charge is 0.263 e. The van der Waals surface area contributed by atoms with E-state index >= 15 is 0 Å². The molecule has 0 spiro atoms. The van der Waals surface area contributed by atoms with Gasteiger partial charge in [-0.1, -0.05) is 0 Å². The lowest BCUT2D eigenvalue weighted by Gasteiger charge is -2.36. The molecule has 6 heteroatoms. The molecule has 6 nitrogen and oxygen atoms in total. The summed E-state index contributed by atoms with van der Waals surface area (Å²) in [6.07, 6.45) is 4.69. The first-order valence-corrected chi connectivity index (χ1v) is 8.45. The highest BCUT2D eigenvalue weighted by atomic mass is 16.2. The molecule has 1 aliphatic heterocycles. The summed E-state index contributed by atoms with van der Waals surface area (Å²) in [6.45, 7) is 5.38. The van der Waals surface area contributed by atoms with E-state index in [0.717, 1.165) is 30.7 Å². The predicted molar refractivity (Wildman–Crippen MR) is 92.1 cm³/mol. The third-order valence-electron chi connectivity index (χ3n) is 4.73. The van der Waals surface area contributed by atoms with Crippen molar-refractivity contribution in [3.63, 3.8) is 0 Å². The molecule has 0 aliphatic carbocycles. The predicted octanol–water partition coefficient (Wildman–Crippen LogP) is 1.89. The molecule has 0 N–H and O–H groups in total. The molecule has 0 radical (unpaired) electrons. The van der Waals surface area contributed by atoms with Gasteiger partial charge >= 0.3 is 0 Å². The number of likely N-dealkylation sites (tertiary alicyclic amines) is 1. The number of pyridine rings is 1. The molecule has 1 saturated heterocycles. The number of carbonyl (C=O) groups is 1. The molecule has 0 bridgehead atoms. The first-order valence-electron chi connectivity index (χ1n) is 8.45. The minimum Gasteiger partial charge on any atom is -0.334 e. The van der Waals surface area contributed by atoms with E-state index in [1.54, 1.807) is 25.4 Å². The summed E-state index contributed by atoms with van der Waals surface area (Å²) in [4.78, 5) is 27.1. The summed E-state index contributed by atoms with van der Waals surface area (Å²) >= 11 is 0. The van der Waals surface area contributed by atoms with Gasteiger partial charge in [0.1, 0.15) is 5.56 Å². The molecule has 0 unspecified atom stereocenters. The number of amides is 1. The van der Waals surface area contributed by atoms with Gasteiger partial charge in [0.25, 0.3) is 11.5 Å². The molecule has 1 atom stereocenters. The zero-order chi connectivity index (χ0) is 17.3. The average Bonchev–Trinajstić information content (AvgIpc) is 2.87. The lowest BCUT2D eigenvalue weighted by Crippen LogP contribution is -2.47. The molecule has 1 aliphatic rings. The fraction of sp³-hybridized carbons (Fsp3) is 0.500. The van der Waals surface area contributed by atoms with Gasteiger partial charge in [-0.05, 0) is 51.3 Å². The van der Waals surface area contributed by atoms with Crippen molar-refractivity contribution in [3.8, 4) is 0 Å². The van der Waals surface area contributed by atoms with Gasteiger partial charge in [0.15, 0.2) is 0 Å². The van der Waals surface area contributed by atoms with Crippen molar-refractivity contribution in [1.29, 1.82) is 0 Å². The number of aromatic nitrogens is 3. The monoisotopic (exact) mass is 328 g/mol. The van der Waals surface area contributed by atoms with E-state index in [1.165, 1.54) is 4.57 Å². The lowest BCUT2D eigenvalue weighted by atomic mass is 10.0. The number of nitrogens with zero attached hydrogens (tertiary/aromatic N) is 4. The summed E-state index contributed by atoms with van der Waals surface area (Å²) in [6, 6.07) is 5.49. The van der Waals surface area contributed by atoms with E-state index in [2.05, 4.69) is 5.10 Å². The molecular formula is C18H24N4O2. The second-order valence-electron chi connectivity index (χ2n) is 6.60. The van der Waals surface area contributed by atoms with Gasteiger partial charge in [0.2, 0.25) is 0 Å². The van der Waals surface area contributed by atoms with E-state index in [0.29, 0.717) is 13.1 Å². The van der Waals surface area contributed by atoms with Gasteiger partial charge < -0.3 is 9.47 Å². The van der Waals surface area contributed by atoms with Crippen LogP contribution in [0.2, 0.25) is 0 Å². The molecule has 3 rings (SSSR count). The Hall–Kier alpha value is -2.37. The molecule has 1 amide bonds. The fourth-order valence-electron chi connectivity index (χ4n) is 3.43. The van der Waals surface area contributed by atoms with E-state index in [4.69, 9.17) is 0 Å². The number of carbonyl (C=O) groups excluding carboxylic acids is 1. The summed E-state index contributed by atoms with van der Waals surface area (Å²) in [5.41, 5.74) is 2.09. The van der Waals surface area contributed by atoms with Gasteiger partial charge in [-0.3, -0.25) is 14.3 Å². The number of piperidine rings is 1. The summed E-state index contributed by atoms with van der Waals surface area (Å²) in [5.74, 6) is -0.164. The first kappa shape index (κ1) is 16.5. The quantitative estimate of drug-likeness (QED) is 0.864. The molecule has 0 aromatic carbocycles. The Bertz CT molecular complexity index is 806. The van der Waals surface area contributed by atoms with Gasteiger partial charge in [0.05, 0.1) is 18.3 Å². The van der Waals surface area contributed by atoms with Crippen LogP contribution in [0.5, 0.6) is 0 Å². The van der Waals surface area contributed by atoms with E-state index in [1.807, 2.05) is 29.5 Å². The minimum absolute atomic E-state index is 0.0779. The van der Waals surface area contributed by atoms with Crippen LogP contribution in [-0.4, -0.2) is 37.7 Å². The SMILES string of the molecule is Cc1cc(C)n(C[C@@H]2CCCCN2C(=O)c2cccn(C)c2=O)n1. The highest BCUT2D eigenvalue weighted by Crippen LogP contribution is 2.21. The molecule has 1 fully saturated rings. The third-order valence-corrected chi connectivity index (χ3v) is 4.73. The summed E-state index contributed by atoms with van der Waals surface area (Å²) < 4.78 is 3.42. The van der Waals surface area contributed by atoms with E-state index in [-0.39, 0.29) is 23.1 Å². The Morgan fingerprint density at radius 3 is 2.83 bits per heavy atom.